The van der Waals surface area contributed by atoms with Crippen molar-refractivity contribution >= 4 is 17.3 Å². The van der Waals surface area contributed by atoms with Gasteiger partial charge >= 0.3 is 5.97 Å². The second-order valence-electron chi connectivity index (χ2n) is 3.99. The molecule has 0 saturated heterocycles. The van der Waals surface area contributed by atoms with Crippen molar-refractivity contribution in [3.05, 3.63) is 16.6 Å². The number of nitrogens with zero attached hydrogens (tertiary/aromatic N) is 1. The highest BCUT2D eigenvalue weighted by molar-refractivity contribution is 7.09. The molecule has 1 N–H and O–H groups in total. The van der Waals surface area contributed by atoms with E-state index in [1.165, 1.54) is 0 Å². The highest BCUT2D eigenvalue weighted by Crippen LogP contribution is 2.64. The van der Waals surface area contributed by atoms with E-state index >= 15 is 0 Å². The highest BCUT2D eigenvalue weighted by atomic mass is 32.1. The quantitative estimate of drug-likeness (QED) is 0.788. The van der Waals surface area contributed by atoms with Crippen molar-refractivity contribution < 1.29 is 9.90 Å². The summed E-state index contributed by atoms with van der Waals surface area (Å²) < 4.78 is 0. The Hall–Kier alpha value is -0.900. The molecule has 13 heavy (non-hydrogen) atoms. The first-order valence-corrected chi connectivity index (χ1v) is 5.05. The van der Waals surface area contributed by atoms with Gasteiger partial charge in [0.25, 0.3) is 0 Å². The third kappa shape index (κ3) is 1.16. The van der Waals surface area contributed by atoms with Crippen molar-refractivity contribution in [3.63, 3.8) is 0 Å². The fraction of sp³-hybridized carbons (Fsp3) is 0.556. The highest BCUT2D eigenvalue weighted by Gasteiger charge is 2.63. The third-order valence-electron chi connectivity index (χ3n) is 2.81. The zero-order valence-corrected chi connectivity index (χ0v) is 8.34. The van der Waals surface area contributed by atoms with Gasteiger partial charge in [0.2, 0.25) is 0 Å². The first kappa shape index (κ1) is 8.69. The van der Waals surface area contributed by atoms with E-state index in [0.717, 1.165) is 5.01 Å². The third-order valence-corrected chi connectivity index (χ3v) is 3.67. The summed E-state index contributed by atoms with van der Waals surface area (Å²) in [5.41, 5.74) is -0.121. The molecule has 2 atom stereocenters. The van der Waals surface area contributed by atoms with Crippen LogP contribution in [-0.2, 0) is 4.79 Å². The molecule has 1 saturated carbocycles. The predicted octanol–water partition coefficient (Wildman–Crippen LogP) is 1.97. The molecule has 4 heteroatoms. The predicted molar refractivity (Wildman–Crippen MR) is 49.8 cm³/mol. The van der Waals surface area contributed by atoms with E-state index in [-0.39, 0.29) is 17.3 Å². The van der Waals surface area contributed by atoms with Gasteiger partial charge in [-0.05, 0) is 5.41 Å². The smallest absolute Gasteiger partial charge is 0.307 e. The minimum Gasteiger partial charge on any atom is -0.481 e. The molecule has 70 valence electrons. The summed E-state index contributed by atoms with van der Waals surface area (Å²) in [6.07, 6.45) is 1.73. The number of hydrogen-bond donors (Lipinski definition) is 1. The van der Waals surface area contributed by atoms with Crippen LogP contribution in [0.2, 0.25) is 0 Å². The number of carboxylic acid groups (broad SMARTS) is 1. The zero-order chi connectivity index (χ0) is 9.64. The Labute approximate surface area is 80.4 Å². The first-order valence-electron chi connectivity index (χ1n) is 4.17. The molecule has 1 aliphatic carbocycles. The molecule has 0 unspecified atom stereocenters. The van der Waals surface area contributed by atoms with Crippen LogP contribution in [0, 0.1) is 11.3 Å². The molecule has 1 aromatic heterocycles. The van der Waals surface area contributed by atoms with Gasteiger partial charge in [0.05, 0.1) is 10.9 Å². The summed E-state index contributed by atoms with van der Waals surface area (Å²) in [7, 11) is 0. The number of rotatable bonds is 2. The largest absolute Gasteiger partial charge is 0.481 e. The molecule has 2 rings (SSSR count). The van der Waals surface area contributed by atoms with Crippen molar-refractivity contribution in [3.8, 4) is 0 Å². The topological polar surface area (TPSA) is 50.2 Å². The second kappa shape index (κ2) is 2.54. The molecule has 0 aromatic carbocycles. The van der Waals surface area contributed by atoms with E-state index in [1.54, 1.807) is 17.5 Å². The Balaban J connectivity index is 2.25. The van der Waals surface area contributed by atoms with E-state index in [1.807, 2.05) is 19.2 Å². The minimum absolute atomic E-state index is 0.116. The Morgan fingerprint density at radius 3 is 2.77 bits per heavy atom. The van der Waals surface area contributed by atoms with Gasteiger partial charge in [0.1, 0.15) is 0 Å². The maximum absolute atomic E-state index is 10.9. The molecule has 1 aliphatic rings. The van der Waals surface area contributed by atoms with Gasteiger partial charge in [-0.1, -0.05) is 13.8 Å². The average molecular weight is 197 g/mol. The van der Waals surface area contributed by atoms with Crippen LogP contribution in [0.1, 0.15) is 24.8 Å². The summed E-state index contributed by atoms with van der Waals surface area (Å²) in [6.45, 7) is 3.97. The number of aromatic nitrogens is 1. The molecule has 0 aliphatic heterocycles. The van der Waals surface area contributed by atoms with Gasteiger partial charge in [-0.2, -0.15) is 0 Å². The Morgan fingerprint density at radius 2 is 2.38 bits per heavy atom. The van der Waals surface area contributed by atoms with Crippen LogP contribution in [0.3, 0.4) is 0 Å². The van der Waals surface area contributed by atoms with E-state index in [4.69, 9.17) is 5.11 Å². The maximum Gasteiger partial charge on any atom is 0.307 e. The van der Waals surface area contributed by atoms with Crippen LogP contribution in [0.15, 0.2) is 11.6 Å². The molecule has 1 fully saturated rings. The van der Waals surface area contributed by atoms with E-state index in [9.17, 15) is 4.79 Å². The lowest BCUT2D eigenvalue weighted by molar-refractivity contribution is -0.139. The van der Waals surface area contributed by atoms with Gasteiger partial charge in [-0.25, -0.2) is 4.98 Å². The Morgan fingerprint density at radius 1 is 1.69 bits per heavy atom. The maximum atomic E-state index is 10.9. The van der Waals surface area contributed by atoms with Crippen LogP contribution in [0.25, 0.3) is 0 Å². The van der Waals surface area contributed by atoms with Crippen molar-refractivity contribution in [1.82, 2.24) is 4.98 Å². The average Bonchev–Trinajstić information content (AvgIpc) is 2.50. The molecule has 0 amide bonds. The van der Waals surface area contributed by atoms with Crippen LogP contribution < -0.4 is 0 Å². The minimum atomic E-state index is -0.704. The SMILES string of the molecule is CC1(C)[C@H](C(=O)O)[C@H]1c1nccs1. The van der Waals surface area contributed by atoms with Crippen molar-refractivity contribution in [2.24, 2.45) is 11.3 Å². The fourth-order valence-corrected chi connectivity index (χ4v) is 2.92. The summed E-state index contributed by atoms with van der Waals surface area (Å²) in [4.78, 5) is 15.0. The molecule has 0 radical (unpaired) electrons. The van der Waals surface area contributed by atoms with Gasteiger partial charge in [-0.3, -0.25) is 4.79 Å². The molecule has 0 bridgehead atoms. The summed E-state index contributed by atoms with van der Waals surface area (Å²) >= 11 is 1.54. The molecular formula is C9H11NO2S. The number of carbonyl (C=O) groups is 1. The molecule has 1 aromatic rings. The molecule has 1 heterocycles. The van der Waals surface area contributed by atoms with Crippen LogP contribution in [-0.4, -0.2) is 16.1 Å². The number of hydrogen-bond acceptors (Lipinski definition) is 3. The second-order valence-corrected chi connectivity index (χ2v) is 4.91. The standard InChI is InChI=1S/C9H11NO2S/c1-9(2)5(6(9)8(11)12)7-10-3-4-13-7/h3-6H,1-2H3,(H,11,12)/t5-,6-/m0/s1. The van der Waals surface area contributed by atoms with Gasteiger partial charge in [-0.15, -0.1) is 11.3 Å². The normalized spacial score (nSPS) is 30.0. The van der Waals surface area contributed by atoms with Crippen molar-refractivity contribution in [2.75, 3.05) is 0 Å². The lowest BCUT2D eigenvalue weighted by atomic mass is 10.1. The molecular weight excluding hydrogens is 186 g/mol. The van der Waals surface area contributed by atoms with E-state index in [0.29, 0.717) is 0 Å². The lowest BCUT2D eigenvalue weighted by Gasteiger charge is -1.97. The van der Waals surface area contributed by atoms with Gasteiger partial charge in [0, 0.05) is 17.5 Å². The van der Waals surface area contributed by atoms with Crippen LogP contribution in [0.5, 0.6) is 0 Å². The molecule has 3 nitrogen and oxygen atoms in total. The van der Waals surface area contributed by atoms with Crippen LogP contribution >= 0.6 is 11.3 Å². The summed E-state index contributed by atoms with van der Waals surface area (Å²) in [5, 5.41) is 11.8. The monoisotopic (exact) mass is 197 g/mol. The Kier molecular flexibility index (Phi) is 1.70. The van der Waals surface area contributed by atoms with Crippen LogP contribution in [0.4, 0.5) is 0 Å². The number of aliphatic carboxylic acids is 1. The summed E-state index contributed by atoms with van der Waals surface area (Å²) in [6, 6.07) is 0. The summed E-state index contributed by atoms with van der Waals surface area (Å²) in [5.74, 6) is -0.839. The van der Waals surface area contributed by atoms with E-state index < -0.39 is 5.97 Å². The van der Waals surface area contributed by atoms with Gasteiger partial charge in [0.15, 0.2) is 0 Å². The number of carboxylic acids is 1. The first-order chi connectivity index (χ1) is 6.05. The Bertz CT molecular complexity index is 331. The van der Waals surface area contributed by atoms with E-state index in [2.05, 4.69) is 4.98 Å². The molecule has 0 spiro atoms. The number of thiazole rings is 1. The zero-order valence-electron chi connectivity index (χ0n) is 7.52. The van der Waals surface area contributed by atoms with Crippen molar-refractivity contribution in [1.29, 1.82) is 0 Å². The van der Waals surface area contributed by atoms with Crippen molar-refractivity contribution in [2.45, 2.75) is 19.8 Å². The fourth-order valence-electron chi connectivity index (χ4n) is 1.95. The van der Waals surface area contributed by atoms with Gasteiger partial charge < -0.3 is 5.11 Å². The lowest BCUT2D eigenvalue weighted by Crippen LogP contribution is -2.03.